The summed E-state index contributed by atoms with van der Waals surface area (Å²) in [4.78, 5) is 8.93. The van der Waals surface area contributed by atoms with E-state index in [4.69, 9.17) is 0 Å². The predicted octanol–water partition coefficient (Wildman–Crippen LogP) is 2.73. The second kappa shape index (κ2) is 6.88. The highest BCUT2D eigenvalue weighted by atomic mass is 16.3. The van der Waals surface area contributed by atoms with Gasteiger partial charge in [0.25, 0.3) is 0 Å². The van der Waals surface area contributed by atoms with Crippen LogP contribution in [0, 0.1) is 19.3 Å². The van der Waals surface area contributed by atoms with Crippen molar-refractivity contribution < 1.29 is 5.11 Å². The zero-order valence-electron chi connectivity index (χ0n) is 13.5. The minimum atomic E-state index is 0.0480. The van der Waals surface area contributed by atoms with Gasteiger partial charge in [-0.05, 0) is 32.6 Å². The molecule has 3 N–H and O–H groups in total. The molecule has 0 aliphatic carbocycles. The van der Waals surface area contributed by atoms with Crippen molar-refractivity contribution in [2.45, 2.75) is 54.0 Å². The van der Waals surface area contributed by atoms with Crippen LogP contribution in [-0.2, 0) is 0 Å². The standard InChI is InChI=1S/C15H28N4O/c1-7-16-13-10(2)14(18-11(3)17-13)19-12(8-9-20)15(4,5)6/h12,20H,7-9H2,1-6H3,(H2,16,17,18,19). The van der Waals surface area contributed by atoms with E-state index in [0.717, 1.165) is 29.6 Å². The molecular formula is C15H28N4O. The van der Waals surface area contributed by atoms with Crippen molar-refractivity contribution in [3.05, 3.63) is 11.4 Å². The van der Waals surface area contributed by atoms with Crippen molar-refractivity contribution in [3.8, 4) is 0 Å². The maximum absolute atomic E-state index is 9.26. The van der Waals surface area contributed by atoms with E-state index in [2.05, 4.69) is 41.4 Å². The Morgan fingerprint density at radius 1 is 1.15 bits per heavy atom. The van der Waals surface area contributed by atoms with Crippen molar-refractivity contribution in [2.24, 2.45) is 5.41 Å². The Hall–Kier alpha value is -1.36. The summed E-state index contributed by atoms with van der Waals surface area (Å²) in [5, 5.41) is 16.0. The van der Waals surface area contributed by atoms with Gasteiger partial charge in [0.05, 0.1) is 0 Å². The van der Waals surface area contributed by atoms with Crippen LogP contribution in [0.3, 0.4) is 0 Å². The summed E-state index contributed by atoms with van der Waals surface area (Å²) in [5.74, 6) is 2.46. The van der Waals surface area contributed by atoms with Gasteiger partial charge < -0.3 is 15.7 Å². The predicted molar refractivity (Wildman–Crippen MR) is 84.2 cm³/mol. The molecule has 0 bridgehead atoms. The lowest BCUT2D eigenvalue weighted by Gasteiger charge is -2.32. The lowest BCUT2D eigenvalue weighted by Crippen LogP contribution is -2.35. The highest BCUT2D eigenvalue weighted by Crippen LogP contribution is 2.27. The molecule has 1 aromatic rings. The monoisotopic (exact) mass is 280 g/mol. The van der Waals surface area contributed by atoms with Gasteiger partial charge in [0.15, 0.2) is 0 Å². The van der Waals surface area contributed by atoms with E-state index in [0.29, 0.717) is 6.42 Å². The third-order valence-electron chi connectivity index (χ3n) is 3.38. The van der Waals surface area contributed by atoms with Crippen molar-refractivity contribution in [2.75, 3.05) is 23.8 Å². The molecule has 1 heterocycles. The number of aryl methyl sites for hydroxylation is 1. The number of anilines is 2. The van der Waals surface area contributed by atoms with E-state index in [1.807, 2.05) is 20.8 Å². The summed E-state index contributed by atoms with van der Waals surface area (Å²) in [6, 6.07) is 0.162. The van der Waals surface area contributed by atoms with Gasteiger partial charge in [-0.2, -0.15) is 0 Å². The molecule has 1 atom stereocenters. The number of nitrogens with zero attached hydrogens (tertiary/aromatic N) is 2. The van der Waals surface area contributed by atoms with Crippen molar-refractivity contribution in [1.82, 2.24) is 9.97 Å². The van der Waals surface area contributed by atoms with E-state index in [1.165, 1.54) is 0 Å². The minimum Gasteiger partial charge on any atom is -0.396 e. The Balaban J connectivity index is 3.06. The Labute approximate surface area is 122 Å². The minimum absolute atomic E-state index is 0.0480. The quantitative estimate of drug-likeness (QED) is 0.747. The first-order chi connectivity index (χ1) is 9.29. The number of aliphatic hydroxyl groups excluding tert-OH is 1. The maximum atomic E-state index is 9.26. The summed E-state index contributed by atoms with van der Waals surface area (Å²) in [7, 11) is 0. The zero-order valence-corrected chi connectivity index (χ0v) is 13.5. The fraction of sp³-hybridized carbons (Fsp3) is 0.733. The van der Waals surface area contributed by atoms with E-state index in [-0.39, 0.29) is 18.1 Å². The Bertz CT molecular complexity index is 440. The molecule has 114 valence electrons. The second-order valence-corrected chi connectivity index (χ2v) is 6.20. The molecule has 0 amide bonds. The number of aromatic nitrogens is 2. The van der Waals surface area contributed by atoms with Gasteiger partial charge in [-0.3, -0.25) is 0 Å². The molecule has 0 aliphatic rings. The highest BCUT2D eigenvalue weighted by molar-refractivity contribution is 5.57. The van der Waals surface area contributed by atoms with Crippen molar-refractivity contribution in [3.63, 3.8) is 0 Å². The fourth-order valence-electron chi connectivity index (χ4n) is 2.12. The lowest BCUT2D eigenvalue weighted by atomic mass is 9.85. The van der Waals surface area contributed by atoms with Gasteiger partial charge in [0, 0.05) is 24.8 Å². The Kier molecular flexibility index (Phi) is 5.74. The molecule has 5 nitrogen and oxygen atoms in total. The first-order valence-electron chi connectivity index (χ1n) is 7.26. The average Bonchev–Trinajstić information content (AvgIpc) is 2.33. The summed E-state index contributed by atoms with van der Waals surface area (Å²) in [5.41, 5.74) is 1.07. The van der Waals surface area contributed by atoms with Gasteiger partial charge in [-0.25, -0.2) is 9.97 Å². The van der Waals surface area contributed by atoms with Crippen LogP contribution in [-0.4, -0.2) is 34.3 Å². The van der Waals surface area contributed by atoms with Crippen LogP contribution < -0.4 is 10.6 Å². The van der Waals surface area contributed by atoms with Crippen LogP contribution in [0.2, 0.25) is 0 Å². The van der Waals surface area contributed by atoms with Gasteiger partial charge in [0.1, 0.15) is 17.5 Å². The van der Waals surface area contributed by atoms with Gasteiger partial charge in [-0.15, -0.1) is 0 Å². The molecule has 5 heteroatoms. The average molecular weight is 280 g/mol. The first-order valence-corrected chi connectivity index (χ1v) is 7.26. The molecule has 0 radical (unpaired) electrons. The number of aliphatic hydroxyl groups is 1. The third-order valence-corrected chi connectivity index (χ3v) is 3.38. The Morgan fingerprint density at radius 3 is 2.25 bits per heavy atom. The highest BCUT2D eigenvalue weighted by Gasteiger charge is 2.25. The summed E-state index contributed by atoms with van der Waals surface area (Å²) < 4.78 is 0. The third kappa shape index (κ3) is 4.34. The lowest BCUT2D eigenvalue weighted by molar-refractivity contribution is 0.235. The largest absolute Gasteiger partial charge is 0.396 e. The molecule has 0 fully saturated rings. The van der Waals surface area contributed by atoms with Crippen molar-refractivity contribution >= 4 is 11.6 Å². The molecule has 0 saturated heterocycles. The van der Waals surface area contributed by atoms with E-state index < -0.39 is 0 Å². The topological polar surface area (TPSA) is 70.1 Å². The van der Waals surface area contributed by atoms with Crippen LogP contribution in [0.4, 0.5) is 11.6 Å². The summed E-state index contributed by atoms with van der Waals surface area (Å²) in [6.45, 7) is 13.4. The van der Waals surface area contributed by atoms with E-state index in [9.17, 15) is 5.11 Å². The fourth-order valence-corrected chi connectivity index (χ4v) is 2.12. The smallest absolute Gasteiger partial charge is 0.134 e. The SMILES string of the molecule is CCNc1nc(C)nc(NC(CCO)C(C)(C)C)c1C. The van der Waals surface area contributed by atoms with Gasteiger partial charge in [0.2, 0.25) is 0 Å². The number of hydrogen-bond donors (Lipinski definition) is 3. The summed E-state index contributed by atoms with van der Waals surface area (Å²) >= 11 is 0. The molecule has 0 saturated carbocycles. The van der Waals surface area contributed by atoms with Crippen LogP contribution in [0.25, 0.3) is 0 Å². The van der Waals surface area contributed by atoms with Crippen LogP contribution >= 0.6 is 0 Å². The molecule has 0 spiro atoms. The molecule has 0 aliphatic heterocycles. The normalized spacial score (nSPS) is 13.2. The molecular weight excluding hydrogens is 252 g/mol. The van der Waals surface area contributed by atoms with Crippen LogP contribution in [0.15, 0.2) is 0 Å². The number of hydrogen-bond acceptors (Lipinski definition) is 5. The summed E-state index contributed by atoms with van der Waals surface area (Å²) in [6.07, 6.45) is 0.697. The first kappa shape index (κ1) is 16.7. The second-order valence-electron chi connectivity index (χ2n) is 6.20. The van der Waals surface area contributed by atoms with Crippen LogP contribution in [0.5, 0.6) is 0 Å². The molecule has 1 rings (SSSR count). The van der Waals surface area contributed by atoms with Gasteiger partial charge in [-0.1, -0.05) is 20.8 Å². The van der Waals surface area contributed by atoms with Crippen molar-refractivity contribution in [1.29, 1.82) is 0 Å². The molecule has 1 aromatic heterocycles. The molecule has 0 aromatic carbocycles. The molecule has 1 unspecified atom stereocenters. The van der Waals surface area contributed by atoms with E-state index in [1.54, 1.807) is 0 Å². The van der Waals surface area contributed by atoms with Gasteiger partial charge >= 0.3 is 0 Å². The number of nitrogens with one attached hydrogen (secondary N) is 2. The Morgan fingerprint density at radius 2 is 1.75 bits per heavy atom. The number of rotatable bonds is 6. The maximum Gasteiger partial charge on any atom is 0.134 e. The van der Waals surface area contributed by atoms with Crippen LogP contribution in [0.1, 0.15) is 45.5 Å². The molecule has 20 heavy (non-hydrogen) atoms. The van der Waals surface area contributed by atoms with E-state index >= 15 is 0 Å². The zero-order chi connectivity index (χ0) is 15.3.